The Bertz CT molecular complexity index is 744. The molecule has 0 unspecified atom stereocenters. The summed E-state index contributed by atoms with van der Waals surface area (Å²) in [5, 5.41) is 9.27. The molecule has 0 amide bonds. The molecule has 2 fully saturated rings. The average molecular weight is 415 g/mol. The summed E-state index contributed by atoms with van der Waals surface area (Å²) in [5.74, 6) is -0.589. The van der Waals surface area contributed by atoms with Crippen molar-refractivity contribution in [2.75, 3.05) is 0 Å². The Morgan fingerprint density at radius 3 is 2.27 bits per heavy atom. The number of carboxylic acids is 1. The minimum absolute atomic E-state index is 0.126. The Kier molecular flexibility index (Phi) is 7.60. The van der Waals surface area contributed by atoms with E-state index in [9.17, 15) is 14.7 Å². The average Bonchev–Trinajstić information content (AvgIpc) is 3.63. The van der Waals surface area contributed by atoms with Crippen LogP contribution in [-0.2, 0) is 27.2 Å². The topological polar surface area (TPSA) is 63.6 Å². The number of carboxylic acid groups (broad SMARTS) is 1. The number of rotatable bonds is 15. The number of carbonyl (C=O) groups is 2. The molecule has 2 aliphatic rings. The third-order valence-corrected chi connectivity index (χ3v) is 7.52. The van der Waals surface area contributed by atoms with Gasteiger partial charge in [0.1, 0.15) is 5.60 Å². The molecule has 0 spiro atoms. The monoisotopic (exact) mass is 414 g/mol. The molecule has 4 nitrogen and oxygen atoms in total. The molecule has 1 aromatic rings. The Morgan fingerprint density at radius 2 is 1.63 bits per heavy atom. The first-order valence-corrected chi connectivity index (χ1v) is 11.8. The molecule has 1 N–H and O–H groups in total. The van der Waals surface area contributed by atoms with E-state index in [4.69, 9.17) is 4.74 Å². The number of benzene rings is 1. The maximum atomic E-state index is 11.3. The van der Waals surface area contributed by atoms with Crippen molar-refractivity contribution in [1.82, 2.24) is 0 Å². The zero-order valence-electron chi connectivity index (χ0n) is 18.8. The maximum absolute atomic E-state index is 11.3. The summed E-state index contributed by atoms with van der Waals surface area (Å²) in [6.07, 6.45) is 14.6. The minimum Gasteiger partial charge on any atom is -0.481 e. The van der Waals surface area contributed by atoms with Gasteiger partial charge in [-0.15, -0.1) is 0 Å². The fraction of sp³-hybridized carbons (Fsp3) is 0.692. The van der Waals surface area contributed by atoms with Gasteiger partial charge in [0.15, 0.2) is 0 Å². The van der Waals surface area contributed by atoms with Crippen molar-refractivity contribution < 1.29 is 19.4 Å². The lowest BCUT2D eigenvalue weighted by Gasteiger charge is -2.16. The molecule has 0 aromatic heterocycles. The van der Waals surface area contributed by atoms with Crippen molar-refractivity contribution in [2.24, 2.45) is 5.41 Å². The highest BCUT2D eigenvalue weighted by Crippen LogP contribution is 2.50. The van der Waals surface area contributed by atoms with Crippen molar-refractivity contribution >= 4 is 12.4 Å². The van der Waals surface area contributed by atoms with Crippen LogP contribution < -0.4 is 0 Å². The summed E-state index contributed by atoms with van der Waals surface area (Å²) in [6.45, 7) is 5.09. The van der Waals surface area contributed by atoms with Gasteiger partial charge < -0.3 is 9.84 Å². The van der Waals surface area contributed by atoms with E-state index in [-0.39, 0.29) is 11.0 Å². The van der Waals surface area contributed by atoms with Crippen LogP contribution in [0.15, 0.2) is 12.1 Å². The SMILES string of the molecule is Cc1ccc(CCCCC2(OC=O)CC2)c(C)c1CCCCCCC1(C(=O)O)CC1. The molecule has 1 aromatic carbocycles. The second-order valence-corrected chi connectivity index (χ2v) is 9.75. The smallest absolute Gasteiger partial charge is 0.309 e. The van der Waals surface area contributed by atoms with E-state index in [2.05, 4.69) is 26.0 Å². The minimum atomic E-state index is -0.589. The van der Waals surface area contributed by atoms with Crippen LogP contribution >= 0.6 is 0 Å². The van der Waals surface area contributed by atoms with Crippen LogP contribution in [0.1, 0.15) is 99.3 Å². The molecule has 30 heavy (non-hydrogen) atoms. The third kappa shape index (κ3) is 5.86. The van der Waals surface area contributed by atoms with Crippen molar-refractivity contribution in [3.05, 3.63) is 34.4 Å². The standard InChI is InChI=1S/C26H38O4/c1-20-11-12-22(9-6-8-14-26(17-18-26)30-19-27)21(2)23(20)10-5-3-4-7-13-25(15-16-25)24(28)29/h11-12,19H,3-10,13-18H2,1-2H3,(H,28,29). The van der Waals surface area contributed by atoms with Gasteiger partial charge in [-0.25, -0.2) is 0 Å². The molecule has 0 radical (unpaired) electrons. The Hall–Kier alpha value is -1.84. The van der Waals surface area contributed by atoms with Gasteiger partial charge in [0.2, 0.25) is 0 Å². The normalized spacial score (nSPS) is 18.1. The zero-order chi connectivity index (χ0) is 21.6. The van der Waals surface area contributed by atoms with E-state index in [1.165, 1.54) is 35.1 Å². The molecule has 0 aliphatic heterocycles. The molecule has 3 rings (SSSR count). The molecule has 2 aliphatic carbocycles. The van der Waals surface area contributed by atoms with Gasteiger partial charge >= 0.3 is 5.97 Å². The molecule has 4 heteroatoms. The number of hydrogen-bond donors (Lipinski definition) is 1. The highest BCUT2D eigenvalue weighted by molar-refractivity contribution is 5.77. The lowest BCUT2D eigenvalue weighted by Crippen LogP contribution is -2.14. The largest absolute Gasteiger partial charge is 0.481 e. The Labute approximate surface area is 181 Å². The highest BCUT2D eigenvalue weighted by Gasteiger charge is 2.49. The summed E-state index contributed by atoms with van der Waals surface area (Å²) >= 11 is 0. The van der Waals surface area contributed by atoms with Gasteiger partial charge in [0.05, 0.1) is 5.41 Å². The molecular formula is C26H38O4. The van der Waals surface area contributed by atoms with Crippen LogP contribution in [0.2, 0.25) is 0 Å². The fourth-order valence-corrected chi connectivity index (χ4v) is 4.87. The van der Waals surface area contributed by atoms with E-state index < -0.39 is 5.97 Å². The molecule has 166 valence electrons. The van der Waals surface area contributed by atoms with Gasteiger partial charge in [0.25, 0.3) is 6.47 Å². The van der Waals surface area contributed by atoms with E-state index >= 15 is 0 Å². The summed E-state index contributed by atoms with van der Waals surface area (Å²) < 4.78 is 5.25. The van der Waals surface area contributed by atoms with Gasteiger partial charge in [-0.05, 0) is 107 Å². The van der Waals surface area contributed by atoms with Crippen LogP contribution in [0.4, 0.5) is 0 Å². The van der Waals surface area contributed by atoms with Gasteiger partial charge in [-0.3, -0.25) is 9.59 Å². The Balaban J connectivity index is 1.38. The zero-order valence-corrected chi connectivity index (χ0v) is 18.8. The summed E-state index contributed by atoms with van der Waals surface area (Å²) in [6, 6.07) is 4.54. The van der Waals surface area contributed by atoms with Gasteiger partial charge in [0, 0.05) is 0 Å². The molecule has 0 atom stereocenters. The van der Waals surface area contributed by atoms with Crippen LogP contribution in [0, 0.1) is 19.3 Å². The Morgan fingerprint density at radius 1 is 0.967 bits per heavy atom. The summed E-state index contributed by atoms with van der Waals surface area (Å²) in [7, 11) is 0. The number of hydrogen-bond acceptors (Lipinski definition) is 3. The first kappa shape index (κ1) is 22.8. The lowest BCUT2D eigenvalue weighted by molar-refractivity contribution is -0.143. The van der Waals surface area contributed by atoms with E-state index in [1.807, 2.05) is 0 Å². The van der Waals surface area contributed by atoms with Crippen LogP contribution in [0.5, 0.6) is 0 Å². The number of aliphatic carboxylic acids is 1. The van der Waals surface area contributed by atoms with Gasteiger partial charge in [-0.2, -0.15) is 0 Å². The summed E-state index contributed by atoms with van der Waals surface area (Å²) in [5.41, 5.74) is 5.30. The molecule has 2 saturated carbocycles. The molecule has 0 bridgehead atoms. The van der Waals surface area contributed by atoms with E-state index in [1.54, 1.807) is 0 Å². The van der Waals surface area contributed by atoms with Crippen molar-refractivity contribution in [3.63, 3.8) is 0 Å². The van der Waals surface area contributed by atoms with Crippen molar-refractivity contribution in [3.8, 4) is 0 Å². The first-order chi connectivity index (χ1) is 14.4. The second-order valence-electron chi connectivity index (χ2n) is 9.75. The molecule has 0 saturated heterocycles. The fourth-order valence-electron chi connectivity index (χ4n) is 4.87. The number of ether oxygens (including phenoxy) is 1. The third-order valence-electron chi connectivity index (χ3n) is 7.52. The second kappa shape index (κ2) is 9.98. The number of unbranched alkanes of at least 4 members (excludes halogenated alkanes) is 4. The van der Waals surface area contributed by atoms with E-state index in [0.717, 1.165) is 77.0 Å². The summed E-state index contributed by atoms with van der Waals surface area (Å²) in [4.78, 5) is 21.9. The highest BCUT2D eigenvalue weighted by atomic mass is 16.5. The molecule has 0 heterocycles. The predicted octanol–water partition coefficient (Wildman–Crippen LogP) is 6.08. The van der Waals surface area contributed by atoms with E-state index in [0.29, 0.717) is 6.47 Å². The molecular weight excluding hydrogens is 376 g/mol. The number of aryl methyl sites for hydroxylation is 2. The van der Waals surface area contributed by atoms with Crippen LogP contribution in [-0.4, -0.2) is 23.1 Å². The first-order valence-electron chi connectivity index (χ1n) is 11.8. The van der Waals surface area contributed by atoms with Gasteiger partial charge in [-0.1, -0.05) is 31.4 Å². The van der Waals surface area contributed by atoms with Crippen LogP contribution in [0.3, 0.4) is 0 Å². The maximum Gasteiger partial charge on any atom is 0.309 e. The number of carbonyl (C=O) groups excluding carboxylic acids is 1. The lowest BCUT2D eigenvalue weighted by atomic mass is 9.91. The van der Waals surface area contributed by atoms with Crippen molar-refractivity contribution in [2.45, 2.75) is 109 Å². The van der Waals surface area contributed by atoms with Crippen LogP contribution in [0.25, 0.3) is 0 Å². The van der Waals surface area contributed by atoms with Crippen molar-refractivity contribution in [1.29, 1.82) is 0 Å². The quantitative estimate of drug-likeness (QED) is 0.279. The predicted molar refractivity (Wildman–Crippen MR) is 119 cm³/mol.